The summed E-state index contributed by atoms with van der Waals surface area (Å²) in [6.45, 7) is 3.89. The molecule has 0 saturated heterocycles. The molecule has 0 bridgehead atoms. The lowest BCUT2D eigenvalue weighted by Gasteiger charge is -2.36. The Hall–Kier alpha value is -3.37. The van der Waals surface area contributed by atoms with Crippen LogP contribution in [0.2, 0.25) is 0 Å². The summed E-state index contributed by atoms with van der Waals surface area (Å²) in [5.41, 5.74) is 1.79. The molecule has 0 radical (unpaired) electrons. The van der Waals surface area contributed by atoms with Gasteiger partial charge in [-0.2, -0.15) is 0 Å². The van der Waals surface area contributed by atoms with Crippen LogP contribution in [-0.2, 0) is 26.0 Å². The second kappa shape index (κ2) is 13.7. The molecule has 1 unspecified atom stereocenters. The highest BCUT2D eigenvalue weighted by atomic mass is 79.9. The first-order valence-corrected chi connectivity index (χ1v) is 16.6. The Bertz CT molecular complexity index is 1500. The van der Waals surface area contributed by atoms with Gasteiger partial charge < -0.3 is 19.6 Å². The van der Waals surface area contributed by atoms with Crippen molar-refractivity contribution < 1.29 is 27.9 Å². The van der Waals surface area contributed by atoms with Crippen molar-refractivity contribution in [3.63, 3.8) is 0 Å². The summed E-state index contributed by atoms with van der Waals surface area (Å²) in [7, 11) is -3.74. The van der Waals surface area contributed by atoms with E-state index >= 15 is 0 Å². The fraction of sp³-hybridized carbons (Fsp3) is 0.375. The van der Waals surface area contributed by atoms with Gasteiger partial charge in [-0.15, -0.1) is 0 Å². The molecule has 0 aromatic heterocycles. The Kier molecular flexibility index (Phi) is 10.3. The minimum atomic E-state index is -3.74. The van der Waals surface area contributed by atoms with E-state index in [9.17, 15) is 23.1 Å². The van der Waals surface area contributed by atoms with Gasteiger partial charge in [0.1, 0.15) is 12.3 Å². The Morgan fingerprint density at radius 2 is 1.71 bits per heavy atom. The van der Waals surface area contributed by atoms with Gasteiger partial charge in [-0.25, -0.2) is 8.42 Å². The van der Waals surface area contributed by atoms with Crippen LogP contribution in [0.3, 0.4) is 0 Å². The molecule has 1 atom stereocenters. The first-order chi connectivity index (χ1) is 20.1. The van der Waals surface area contributed by atoms with Crippen LogP contribution in [0, 0.1) is 5.41 Å². The van der Waals surface area contributed by atoms with Crippen LogP contribution in [0.1, 0.15) is 45.1 Å². The number of para-hydroxylation sites is 1. The van der Waals surface area contributed by atoms with Crippen molar-refractivity contribution in [2.24, 2.45) is 5.41 Å². The number of nitrogens with zero attached hydrogens (tertiary/aromatic N) is 2. The van der Waals surface area contributed by atoms with Crippen LogP contribution in [0.5, 0.6) is 5.75 Å². The predicted octanol–water partition coefficient (Wildman–Crippen LogP) is 6.45. The average Bonchev–Trinajstić information content (AvgIpc) is 3.07. The molecule has 0 fully saturated rings. The van der Waals surface area contributed by atoms with E-state index in [1.807, 2.05) is 60.7 Å². The lowest BCUT2D eigenvalue weighted by molar-refractivity contribution is -0.145. The van der Waals surface area contributed by atoms with Crippen molar-refractivity contribution in [2.45, 2.75) is 51.0 Å². The first kappa shape index (κ1) is 31.6. The topological polar surface area (TPSA) is 104 Å². The Morgan fingerprint density at radius 1 is 1.05 bits per heavy atom. The fourth-order valence-corrected chi connectivity index (χ4v) is 8.03. The molecule has 1 aliphatic heterocycles. The molecule has 3 aromatic rings. The molecule has 10 heteroatoms. The molecule has 3 aromatic carbocycles. The van der Waals surface area contributed by atoms with E-state index in [1.54, 1.807) is 6.07 Å². The number of hydrogen-bond acceptors (Lipinski definition) is 6. The minimum absolute atomic E-state index is 0.0102. The van der Waals surface area contributed by atoms with Crippen molar-refractivity contribution in [1.82, 2.24) is 4.90 Å². The van der Waals surface area contributed by atoms with Crippen LogP contribution < -0.4 is 9.64 Å². The monoisotopic (exact) mass is 656 g/mol. The standard InChI is InChI=1S/C32H37BrN2O6S/c1-3-5-16-32(4-2)22-35(25-14-10-7-11-15-25)27-17-26(33)28(18-29(27)42(39,40)23-32)41-21-30(36)34(20-31(37)38)19-24-12-8-6-9-13-24/h6-15,17-18H,3-5,16,19-23H2,1-2H3,(H,37,38). The molecular weight excluding hydrogens is 620 g/mol. The average molecular weight is 658 g/mol. The zero-order valence-electron chi connectivity index (χ0n) is 24.0. The van der Waals surface area contributed by atoms with Gasteiger partial charge in [0.05, 0.1) is 20.8 Å². The van der Waals surface area contributed by atoms with Crippen molar-refractivity contribution in [3.05, 3.63) is 82.8 Å². The van der Waals surface area contributed by atoms with Crippen molar-refractivity contribution in [1.29, 1.82) is 0 Å². The van der Waals surface area contributed by atoms with Gasteiger partial charge in [0.25, 0.3) is 5.91 Å². The zero-order valence-corrected chi connectivity index (χ0v) is 26.4. The normalized spacial score (nSPS) is 17.6. The third-order valence-electron chi connectivity index (χ3n) is 7.75. The smallest absolute Gasteiger partial charge is 0.323 e. The van der Waals surface area contributed by atoms with E-state index in [0.29, 0.717) is 23.1 Å². The number of unbranched alkanes of at least 4 members (excludes halogenated alkanes) is 1. The van der Waals surface area contributed by atoms with Crippen LogP contribution in [-0.4, -0.2) is 55.7 Å². The second-order valence-electron chi connectivity index (χ2n) is 10.8. The number of halogens is 1. The number of fused-ring (bicyclic) bond motifs is 1. The Morgan fingerprint density at radius 3 is 2.33 bits per heavy atom. The van der Waals surface area contributed by atoms with Gasteiger partial charge in [-0.1, -0.05) is 75.2 Å². The summed E-state index contributed by atoms with van der Waals surface area (Å²) in [6.07, 6.45) is 3.40. The van der Waals surface area contributed by atoms with Crippen LogP contribution in [0.4, 0.5) is 11.4 Å². The lowest BCUT2D eigenvalue weighted by Crippen LogP contribution is -2.38. The largest absolute Gasteiger partial charge is 0.483 e. The van der Waals surface area contributed by atoms with Crippen molar-refractivity contribution >= 4 is 49.0 Å². The molecule has 0 saturated carbocycles. The molecule has 1 aliphatic rings. The number of benzene rings is 3. The third kappa shape index (κ3) is 7.52. The lowest BCUT2D eigenvalue weighted by atomic mass is 9.81. The van der Waals surface area contributed by atoms with Crippen LogP contribution >= 0.6 is 15.9 Å². The van der Waals surface area contributed by atoms with Crippen molar-refractivity contribution in [2.75, 3.05) is 30.3 Å². The van der Waals surface area contributed by atoms with Gasteiger partial charge in [0, 0.05) is 30.3 Å². The summed E-state index contributed by atoms with van der Waals surface area (Å²) < 4.78 is 34.4. The maximum atomic E-state index is 14.0. The number of ether oxygens (including phenoxy) is 1. The number of hydrogen-bond donors (Lipinski definition) is 1. The number of sulfone groups is 1. The number of aliphatic carboxylic acids is 1. The van der Waals surface area contributed by atoms with E-state index in [4.69, 9.17) is 4.74 Å². The highest BCUT2D eigenvalue weighted by Crippen LogP contribution is 2.46. The van der Waals surface area contributed by atoms with Gasteiger partial charge in [-0.05, 0) is 52.5 Å². The summed E-state index contributed by atoms with van der Waals surface area (Å²) >= 11 is 3.54. The zero-order chi connectivity index (χ0) is 30.3. The van der Waals surface area contributed by atoms with E-state index in [-0.39, 0.29) is 22.9 Å². The second-order valence-corrected chi connectivity index (χ2v) is 13.6. The summed E-state index contributed by atoms with van der Waals surface area (Å²) in [5.74, 6) is -1.45. The predicted molar refractivity (Wildman–Crippen MR) is 167 cm³/mol. The molecule has 8 nitrogen and oxygen atoms in total. The number of anilines is 2. The summed E-state index contributed by atoms with van der Waals surface area (Å²) in [5, 5.41) is 9.38. The molecular formula is C32H37BrN2O6S. The van der Waals surface area contributed by atoms with E-state index < -0.39 is 40.3 Å². The summed E-state index contributed by atoms with van der Waals surface area (Å²) in [6, 6.07) is 22.1. The number of carboxylic acids is 1. The number of rotatable bonds is 12. The van der Waals surface area contributed by atoms with Crippen molar-refractivity contribution in [3.8, 4) is 5.75 Å². The number of carboxylic acid groups (broad SMARTS) is 1. The number of carbonyl (C=O) groups excluding carboxylic acids is 1. The maximum Gasteiger partial charge on any atom is 0.323 e. The molecule has 224 valence electrons. The molecule has 1 heterocycles. The molecule has 1 amide bonds. The van der Waals surface area contributed by atoms with Gasteiger partial charge in [0.2, 0.25) is 0 Å². The molecule has 1 N–H and O–H groups in total. The van der Waals surface area contributed by atoms with Gasteiger partial charge in [-0.3, -0.25) is 9.59 Å². The highest BCUT2D eigenvalue weighted by molar-refractivity contribution is 9.10. The first-order valence-electron chi connectivity index (χ1n) is 14.1. The maximum absolute atomic E-state index is 14.0. The number of carbonyl (C=O) groups is 2. The van der Waals surface area contributed by atoms with Gasteiger partial charge >= 0.3 is 5.97 Å². The van der Waals surface area contributed by atoms with E-state index in [0.717, 1.165) is 30.5 Å². The molecule has 0 spiro atoms. The summed E-state index contributed by atoms with van der Waals surface area (Å²) in [4.78, 5) is 28.0. The number of amides is 1. The highest BCUT2D eigenvalue weighted by Gasteiger charge is 2.42. The van der Waals surface area contributed by atoms with Crippen LogP contribution in [0.25, 0.3) is 0 Å². The quantitative estimate of drug-likeness (QED) is 0.239. The fourth-order valence-electron chi connectivity index (χ4n) is 5.40. The van der Waals surface area contributed by atoms with Gasteiger partial charge in [0.15, 0.2) is 16.4 Å². The molecule has 0 aliphatic carbocycles. The SMILES string of the molecule is CCCCC1(CC)CN(c2ccccc2)c2cc(Br)c(OCC(=O)N(CC(=O)O)Cc3ccccc3)cc2S(=O)(=O)C1. The van der Waals surface area contributed by atoms with Crippen LogP contribution in [0.15, 0.2) is 82.2 Å². The molecule has 42 heavy (non-hydrogen) atoms. The Balaban J connectivity index is 1.68. The van der Waals surface area contributed by atoms with E-state index in [2.05, 4.69) is 34.7 Å². The molecule has 4 rings (SSSR count). The minimum Gasteiger partial charge on any atom is -0.483 e. The Labute approximate surface area is 256 Å². The third-order valence-corrected chi connectivity index (χ3v) is 10.4. The van der Waals surface area contributed by atoms with E-state index in [1.165, 1.54) is 11.0 Å².